The Kier molecular flexibility index (Phi) is 2.09. The van der Waals surface area contributed by atoms with Crippen LogP contribution in [0.15, 0.2) is 0 Å². The summed E-state index contributed by atoms with van der Waals surface area (Å²) in [6.07, 6.45) is 1.97. The van der Waals surface area contributed by atoms with Crippen LogP contribution in [0.25, 0.3) is 0 Å². The molecule has 0 aromatic carbocycles. The molecule has 0 heterocycles. The number of aliphatic hydroxyl groups is 1. The fourth-order valence-corrected chi connectivity index (χ4v) is 1.63. The zero-order valence-electron chi connectivity index (χ0n) is 5.88. The third kappa shape index (κ3) is 1.25. The number of rotatable bonds is 1. The zero-order chi connectivity index (χ0) is 6.85. The Bertz CT molecular complexity index is 84.9. The highest BCUT2D eigenvalue weighted by Gasteiger charge is 2.30. The van der Waals surface area contributed by atoms with Gasteiger partial charge in [0.05, 0.1) is 6.10 Å². The first-order valence-electron chi connectivity index (χ1n) is 3.64. The molecule has 1 aliphatic rings. The summed E-state index contributed by atoms with van der Waals surface area (Å²) in [6.45, 7) is 2.80. The topological polar surface area (TPSA) is 46.2 Å². The van der Waals surface area contributed by atoms with Crippen LogP contribution in [0.2, 0.25) is 0 Å². The van der Waals surface area contributed by atoms with E-state index in [0.29, 0.717) is 18.4 Å². The van der Waals surface area contributed by atoms with Gasteiger partial charge in [-0.05, 0) is 31.2 Å². The van der Waals surface area contributed by atoms with Crippen LogP contribution < -0.4 is 5.73 Å². The fraction of sp³-hybridized carbons (Fsp3) is 1.00. The zero-order valence-corrected chi connectivity index (χ0v) is 5.88. The van der Waals surface area contributed by atoms with E-state index in [-0.39, 0.29) is 6.10 Å². The van der Waals surface area contributed by atoms with Crippen LogP contribution >= 0.6 is 0 Å². The van der Waals surface area contributed by atoms with E-state index < -0.39 is 0 Å². The van der Waals surface area contributed by atoms with Crippen LogP contribution in [0.4, 0.5) is 0 Å². The minimum Gasteiger partial charge on any atom is -0.393 e. The van der Waals surface area contributed by atoms with Crippen molar-refractivity contribution in [1.29, 1.82) is 0 Å². The molecular formula is C7H15NO. The number of hydrogen-bond acceptors (Lipinski definition) is 2. The number of hydrogen-bond donors (Lipinski definition) is 2. The molecule has 1 aliphatic carbocycles. The average Bonchev–Trinajstić information content (AvgIpc) is 2.12. The quantitative estimate of drug-likeness (QED) is 0.536. The van der Waals surface area contributed by atoms with Crippen LogP contribution in [0, 0.1) is 11.8 Å². The molecule has 2 nitrogen and oxygen atoms in total. The van der Waals surface area contributed by atoms with Crippen molar-refractivity contribution in [2.24, 2.45) is 17.6 Å². The summed E-state index contributed by atoms with van der Waals surface area (Å²) in [5, 5.41) is 9.28. The van der Waals surface area contributed by atoms with Gasteiger partial charge < -0.3 is 10.8 Å². The van der Waals surface area contributed by atoms with Crippen molar-refractivity contribution in [3.05, 3.63) is 0 Å². The molecule has 9 heavy (non-hydrogen) atoms. The summed E-state index contributed by atoms with van der Waals surface area (Å²) in [5.41, 5.74) is 5.45. The molecule has 0 amide bonds. The summed E-state index contributed by atoms with van der Waals surface area (Å²) in [7, 11) is 0. The fourth-order valence-electron chi connectivity index (χ4n) is 1.63. The maximum Gasteiger partial charge on any atom is 0.0583 e. The van der Waals surface area contributed by atoms with Gasteiger partial charge in [0.1, 0.15) is 0 Å². The number of nitrogens with two attached hydrogens (primary N) is 1. The molecule has 3 unspecified atom stereocenters. The monoisotopic (exact) mass is 129 g/mol. The van der Waals surface area contributed by atoms with Crippen molar-refractivity contribution in [3.63, 3.8) is 0 Å². The van der Waals surface area contributed by atoms with Gasteiger partial charge in [-0.3, -0.25) is 0 Å². The van der Waals surface area contributed by atoms with Crippen LogP contribution in [0.1, 0.15) is 19.8 Å². The summed E-state index contributed by atoms with van der Waals surface area (Å²) in [6, 6.07) is 0. The van der Waals surface area contributed by atoms with Crippen LogP contribution in [0.3, 0.4) is 0 Å². The van der Waals surface area contributed by atoms with Crippen LogP contribution in [0.5, 0.6) is 0 Å². The van der Waals surface area contributed by atoms with E-state index >= 15 is 0 Å². The van der Waals surface area contributed by atoms with E-state index in [9.17, 15) is 5.11 Å². The second kappa shape index (κ2) is 2.67. The largest absolute Gasteiger partial charge is 0.393 e. The second-order valence-corrected chi connectivity index (χ2v) is 3.02. The highest BCUT2D eigenvalue weighted by molar-refractivity contribution is 4.82. The molecule has 1 fully saturated rings. The standard InChI is InChI=1S/C7H15NO/c1-5-2-3-7(9)6(5)4-8/h5-7,9H,2-4,8H2,1H3. The van der Waals surface area contributed by atoms with E-state index in [4.69, 9.17) is 5.73 Å². The van der Waals surface area contributed by atoms with Gasteiger partial charge in [-0.15, -0.1) is 0 Å². The van der Waals surface area contributed by atoms with Crippen molar-refractivity contribution < 1.29 is 5.11 Å². The van der Waals surface area contributed by atoms with Crippen LogP contribution in [-0.2, 0) is 0 Å². The SMILES string of the molecule is CC1CCC(O)C1CN. The third-order valence-corrected chi connectivity index (χ3v) is 2.42. The molecule has 54 valence electrons. The first-order chi connectivity index (χ1) is 4.25. The lowest BCUT2D eigenvalue weighted by molar-refractivity contribution is 0.124. The molecule has 0 saturated heterocycles. The van der Waals surface area contributed by atoms with Gasteiger partial charge in [0.2, 0.25) is 0 Å². The summed E-state index contributed by atoms with van der Waals surface area (Å²) < 4.78 is 0. The molecule has 0 radical (unpaired) electrons. The predicted octanol–water partition coefficient (Wildman–Crippen LogP) is 0.352. The van der Waals surface area contributed by atoms with Gasteiger partial charge in [-0.25, -0.2) is 0 Å². The lowest BCUT2D eigenvalue weighted by Gasteiger charge is -2.15. The first-order valence-corrected chi connectivity index (χ1v) is 3.64. The molecule has 3 N–H and O–H groups in total. The van der Waals surface area contributed by atoms with Gasteiger partial charge in [0.25, 0.3) is 0 Å². The molecule has 0 aliphatic heterocycles. The lowest BCUT2D eigenvalue weighted by Crippen LogP contribution is -2.26. The predicted molar refractivity (Wildman–Crippen MR) is 36.9 cm³/mol. The van der Waals surface area contributed by atoms with Crippen molar-refractivity contribution in [2.75, 3.05) is 6.54 Å². The summed E-state index contributed by atoms with van der Waals surface area (Å²) in [4.78, 5) is 0. The Hall–Kier alpha value is -0.0800. The maximum absolute atomic E-state index is 9.28. The van der Waals surface area contributed by atoms with Crippen molar-refractivity contribution in [2.45, 2.75) is 25.9 Å². The van der Waals surface area contributed by atoms with Gasteiger partial charge in [-0.2, -0.15) is 0 Å². The van der Waals surface area contributed by atoms with E-state index in [1.807, 2.05) is 0 Å². The lowest BCUT2D eigenvalue weighted by atomic mass is 9.97. The van der Waals surface area contributed by atoms with Crippen molar-refractivity contribution in [3.8, 4) is 0 Å². The van der Waals surface area contributed by atoms with E-state index in [1.165, 1.54) is 0 Å². The Morgan fingerprint density at radius 2 is 2.22 bits per heavy atom. The summed E-state index contributed by atoms with van der Waals surface area (Å²) >= 11 is 0. The number of aliphatic hydroxyl groups excluding tert-OH is 1. The van der Waals surface area contributed by atoms with E-state index in [0.717, 1.165) is 12.8 Å². The third-order valence-electron chi connectivity index (χ3n) is 2.42. The normalized spacial score (nSPS) is 43.7. The van der Waals surface area contributed by atoms with Gasteiger partial charge >= 0.3 is 0 Å². The molecular weight excluding hydrogens is 114 g/mol. The van der Waals surface area contributed by atoms with Gasteiger partial charge in [0, 0.05) is 0 Å². The smallest absolute Gasteiger partial charge is 0.0583 e. The van der Waals surface area contributed by atoms with Crippen molar-refractivity contribution >= 4 is 0 Å². The molecule has 0 spiro atoms. The Morgan fingerprint density at radius 3 is 2.44 bits per heavy atom. The van der Waals surface area contributed by atoms with E-state index in [1.54, 1.807) is 0 Å². The Labute approximate surface area is 56.1 Å². The highest BCUT2D eigenvalue weighted by Crippen LogP contribution is 2.30. The van der Waals surface area contributed by atoms with Crippen molar-refractivity contribution in [1.82, 2.24) is 0 Å². The average molecular weight is 129 g/mol. The Morgan fingerprint density at radius 1 is 1.56 bits per heavy atom. The summed E-state index contributed by atoms with van der Waals surface area (Å²) in [5.74, 6) is 0.995. The van der Waals surface area contributed by atoms with Gasteiger partial charge in [0.15, 0.2) is 0 Å². The minimum atomic E-state index is -0.120. The second-order valence-electron chi connectivity index (χ2n) is 3.02. The molecule has 3 atom stereocenters. The molecule has 0 aromatic heterocycles. The first kappa shape index (κ1) is 7.03. The maximum atomic E-state index is 9.28. The molecule has 0 bridgehead atoms. The van der Waals surface area contributed by atoms with Crippen LogP contribution in [-0.4, -0.2) is 17.8 Å². The molecule has 0 aromatic rings. The molecule has 1 saturated carbocycles. The minimum absolute atomic E-state index is 0.120. The highest BCUT2D eigenvalue weighted by atomic mass is 16.3. The molecule has 2 heteroatoms. The van der Waals surface area contributed by atoms with E-state index in [2.05, 4.69) is 6.92 Å². The van der Waals surface area contributed by atoms with Gasteiger partial charge in [-0.1, -0.05) is 6.92 Å². The molecule has 1 rings (SSSR count). The Balaban J connectivity index is 2.44.